The summed E-state index contributed by atoms with van der Waals surface area (Å²) in [5, 5.41) is 3.19. The van der Waals surface area contributed by atoms with Gasteiger partial charge in [0, 0.05) is 24.7 Å². The summed E-state index contributed by atoms with van der Waals surface area (Å²) >= 11 is 0. The van der Waals surface area contributed by atoms with Gasteiger partial charge in [-0.05, 0) is 66.4 Å². The van der Waals surface area contributed by atoms with Crippen LogP contribution in [-0.4, -0.2) is 37.6 Å². The van der Waals surface area contributed by atoms with Crippen LogP contribution in [0.3, 0.4) is 0 Å². The fourth-order valence-electron chi connectivity index (χ4n) is 4.57. The van der Waals surface area contributed by atoms with Crippen molar-refractivity contribution in [1.29, 1.82) is 0 Å². The molecule has 3 aromatic rings. The second kappa shape index (κ2) is 10.0. The molecule has 0 aliphatic carbocycles. The largest absolute Gasteiger partial charge is 0.493 e. The second-order valence-electron chi connectivity index (χ2n) is 8.33. The van der Waals surface area contributed by atoms with Crippen molar-refractivity contribution in [2.24, 2.45) is 0 Å². The number of ether oxygens (including phenoxy) is 2. The number of nitrogens with zero attached hydrogens (tertiary/aromatic N) is 1. The van der Waals surface area contributed by atoms with E-state index in [2.05, 4.69) is 10.2 Å². The highest BCUT2D eigenvalue weighted by atomic mass is 19.1. The minimum absolute atomic E-state index is 0.0914. The number of hydrogen-bond donors (Lipinski definition) is 1. The van der Waals surface area contributed by atoms with E-state index in [1.165, 1.54) is 17.7 Å². The molecule has 0 fully saturated rings. The van der Waals surface area contributed by atoms with Gasteiger partial charge in [-0.1, -0.05) is 30.3 Å². The quantitative estimate of drug-likeness (QED) is 0.566. The van der Waals surface area contributed by atoms with Crippen LogP contribution in [-0.2, 0) is 13.0 Å². The first kappa shape index (κ1) is 22.8. The summed E-state index contributed by atoms with van der Waals surface area (Å²) in [5.41, 5.74) is 3.92. The lowest BCUT2D eigenvalue weighted by Crippen LogP contribution is -2.47. The summed E-state index contributed by atoms with van der Waals surface area (Å²) in [6.45, 7) is 3.47. The molecular formula is C27H29FN2O3. The van der Waals surface area contributed by atoms with Gasteiger partial charge in [0.2, 0.25) is 0 Å². The number of carbonyl (C=O) groups excluding carboxylic acids is 1. The van der Waals surface area contributed by atoms with Crippen molar-refractivity contribution in [3.63, 3.8) is 0 Å². The Morgan fingerprint density at radius 3 is 2.39 bits per heavy atom. The monoisotopic (exact) mass is 448 g/mol. The SMILES string of the molecule is COc1cc2c(cc1OC)[C@@H]([C@@H](C)NC(=O)c1ccccc1)N(Cc1ccc(F)cc1)CC2. The number of fused-ring (bicyclic) bond motifs is 1. The molecule has 0 aromatic heterocycles. The predicted octanol–water partition coefficient (Wildman–Crippen LogP) is 4.76. The van der Waals surface area contributed by atoms with Gasteiger partial charge < -0.3 is 14.8 Å². The van der Waals surface area contributed by atoms with Crippen LogP contribution in [0, 0.1) is 5.82 Å². The van der Waals surface area contributed by atoms with Gasteiger partial charge in [0.15, 0.2) is 11.5 Å². The van der Waals surface area contributed by atoms with Crippen molar-refractivity contribution < 1.29 is 18.7 Å². The number of amides is 1. The van der Waals surface area contributed by atoms with Crippen LogP contribution >= 0.6 is 0 Å². The number of rotatable bonds is 7. The van der Waals surface area contributed by atoms with Crippen LogP contribution in [0.1, 0.15) is 40.0 Å². The van der Waals surface area contributed by atoms with E-state index in [0.717, 1.165) is 24.1 Å². The lowest BCUT2D eigenvalue weighted by molar-refractivity contribution is 0.0877. The Morgan fingerprint density at radius 1 is 1.06 bits per heavy atom. The smallest absolute Gasteiger partial charge is 0.251 e. The molecule has 3 aromatic carbocycles. The first-order chi connectivity index (χ1) is 16.0. The Kier molecular flexibility index (Phi) is 6.94. The van der Waals surface area contributed by atoms with Crippen LogP contribution in [0.2, 0.25) is 0 Å². The fraction of sp³-hybridized carbons (Fsp3) is 0.296. The molecule has 33 heavy (non-hydrogen) atoms. The number of halogens is 1. The summed E-state index contributed by atoms with van der Waals surface area (Å²) in [6, 6.07) is 19.6. The van der Waals surface area contributed by atoms with E-state index >= 15 is 0 Å². The summed E-state index contributed by atoms with van der Waals surface area (Å²) in [7, 11) is 3.26. The third-order valence-electron chi connectivity index (χ3n) is 6.19. The van der Waals surface area contributed by atoms with Crippen LogP contribution in [0.25, 0.3) is 0 Å². The van der Waals surface area contributed by atoms with Gasteiger partial charge in [0.25, 0.3) is 5.91 Å². The normalized spacial score (nSPS) is 16.5. The van der Waals surface area contributed by atoms with Crippen molar-refractivity contribution in [3.8, 4) is 11.5 Å². The molecule has 4 rings (SSSR count). The number of hydrogen-bond acceptors (Lipinski definition) is 4. The molecule has 1 aliphatic rings. The second-order valence-corrected chi connectivity index (χ2v) is 8.33. The average Bonchev–Trinajstić information content (AvgIpc) is 2.84. The summed E-state index contributed by atoms with van der Waals surface area (Å²) in [6.07, 6.45) is 0.840. The van der Waals surface area contributed by atoms with Crippen molar-refractivity contribution >= 4 is 5.91 Å². The molecule has 0 unspecified atom stereocenters. The van der Waals surface area contributed by atoms with Crippen LogP contribution < -0.4 is 14.8 Å². The highest BCUT2D eigenvalue weighted by Gasteiger charge is 2.34. The number of benzene rings is 3. The summed E-state index contributed by atoms with van der Waals surface area (Å²) in [5.74, 6) is 0.992. The van der Waals surface area contributed by atoms with Crippen LogP contribution in [0.5, 0.6) is 11.5 Å². The summed E-state index contributed by atoms with van der Waals surface area (Å²) < 4.78 is 24.5. The van der Waals surface area contributed by atoms with Crippen molar-refractivity contribution in [2.45, 2.75) is 32.0 Å². The van der Waals surface area contributed by atoms with E-state index in [1.54, 1.807) is 26.4 Å². The zero-order chi connectivity index (χ0) is 23.4. The Morgan fingerprint density at radius 2 is 1.73 bits per heavy atom. The minimum Gasteiger partial charge on any atom is -0.493 e. The third-order valence-corrected chi connectivity index (χ3v) is 6.19. The molecular weight excluding hydrogens is 419 g/mol. The number of methoxy groups -OCH3 is 2. The lowest BCUT2D eigenvalue weighted by Gasteiger charge is -2.41. The fourth-order valence-corrected chi connectivity index (χ4v) is 4.57. The van der Waals surface area contributed by atoms with Gasteiger partial charge in [-0.2, -0.15) is 0 Å². The van der Waals surface area contributed by atoms with Crippen LogP contribution in [0.4, 0.5) is 4.39 Å². The highest BCUT2D eigenvalue weighted by Crippen LogP contribution is 2.40. The van der Waals surface area contributed by atoms with Gasteiger partial charge >= 0.3 is 0 Å². The van der Waals surface area contributed by atoms with Gasteiger partial charge in [0.1, 0.15) is 5.82 Å². The maximum absolute atomic E-state index is 13.4. The van der Waals surface area contributed by atoms with Crippen LogP contribution in [0.15, 0.2) is 66.7 Å². The molecule has 2 atom stereocenters. The molecule has 1 N–H and O–H groups in total. The lowest BCUT2D eigenvalue weighted by atomic mass is 9.87. The van der Waals surface area contributed by atoms with E-state index in [1.807, 2.05) is 49.4 Å². The van der Waals surface area contributed by atoms with Gasteiger partial charge in [-0.3, -0.25) is 9.69 Å². The molecule has 1 aliphatic heterocycles. The van der Waals surface area contributed by atoms with E-state index in [4.69, 9.17) is 9.47 Å². The summed E-state index contributed by atoms with van der Waals surface area (Å²) in [4.78, 5) is 15.3. The third kappa shape index (κ3) is 5.01. The molecule has 0 radical (unpaired) electrons. The molecule has 0 saturated carbocycles. The van der Waals surface area contributed by atoms with E-state index in [0.29, 0.717) is 23.6 Å². The molecule has 0 saturated heterocycles. The molecule has 1 heterocycles. The molecule has 0 bridgehead atoms. The standard InChI is InChI=1S/C27H29FN2O3/c1-18(29-27(31)20-7-5-4-6-8-20)26-23-16-25(33-3)24(32-2)15-21(23)13-14-30(26)17-19-9-11-22(28)12-10-19/h4-12,15-16,18,26H,13-14,17H2,1-3H3,(H,29,31)/t18-,26-/m1/s1. The number of carbonyl (C=O) groups is 1. The zero-order valence-electron chi connectivity index (χ0n) is 19.2. The maximum Gasteiger partial charge on any atom is 0.251 e. The van der Waals surface area contributed by atoms with E-state index < -0.39 is 0 Å². The molecule has 1 amide bonds. The average molecular weight is 449 g/mol. The van der Waals surface area contributed by atoms with Crippen molar-refractivity contribution in [3.05, 3.63) is 94.8 Å². The Bertz CT molecular complexity index is 1100. The highest BCUT2D eigenvalue weighted by molar-refractivity contribution is 5.94. The van der Waals surface area contributed by atoms with Crippen molar-refractivity contribution in [1.82, 2.24) is 10.2 Å². The van der Waals surface area contributed by atoms with Crippen molar-refractivity contribution in [2.75, 3.05) is 20.8 Å². The number of nitrogens with one attached hydrogen (secondary N) is 1. The minimum atomic E-state index is -0.250. The Balaban J connectivity index is 1.68. The van der Waals surface area contributed by atoms with Gasteiger partial charge in [-0.15, -0.1) is 0 Å². The Hall–Kier alpha value is -3.38. The molecule has 0 spiro atoms. The molecule has 172 valence electrons. The predicted molar refractivity (Wildman–Crippen MR) is 126 cm³/mol. The van der Waals surface area contributed by atoms with E-state index in [-0.39, 0.29) is 23.8 Å². The van der Waals surface area contributed by atoms with Gasteiger partial charge in [0.05, 0.1) is 20.3 Å². The van der Waals surface area contributed by atoms with E-state index in [9.17, 15) is 9.18 Å². The first-order valence-electron chi connectivity index (χ1n) is 11.1. The molecule has 6 heteroatoms. The first-order valence-corrected chi connectivity index (χ1v) is 11.1. The topological polar surface area (TPSA) is 50.8 Å². The molecule has 5 nitrogen and oxygen atoms in total. The maximum atomic E-state index is 13.4. The Labute approximate surface area is 194 Å². The zero-order valence-corrected chi connectivity index (χ0v) is 19.2. The van der Waals surface area contributed by atoms with Gasteiger partial charge in [-0.25, -0.2) is 4.39 Å².